The summed E-state index contributed by atoms with van der Waals surface area (Å²) < 4.78 is 7.61. The maximum absolute atomic E-state index is 14.4. The molecule has 0 bridgehead atoms. The SMILES string of the molecule is O=C1C[C@@H](c2cccc(Cl)c2)C2(C(=O)Nc3cc(Cl)ccc32)[C@@H](c2cc(I)ccc2OC2CCN(CCO)CC2)N1. The molecular formula is C31H30Cl2IN3O4. The molecule has 41 heavy (non-hydrogen) atoms. The second kappa shape index (κ2) is 11.7. The van der Waals surface area contributed by atoms with Crippen molar-refractivity contribution in [3.05, 3.63) is 91.0 Å². The first-order chi connectivity index (χ1) is 19.8. The van der Waals surface area contributed by atoms with Crippen molar-refractivity contribution in [1.82, 2.24) is 10.2 Å². The zero-order valence-electron chi connectivity index (χ0n) is 22.2. The largest absolute Gasteiger partial charge is 0.490 e. The predicted molar refractivity (Wildman–Crippen MR) is 168 cm³/mol. The lowest BCUT2D eigenvalue weighted by Crippen LogP contribution is -2.57. The summed E-state index contributed by atoms with van der Waals surface area (Å²) >= 11 is 15.0. The Morgan fingerprint density at radius 1 is 1.02 bits per heavy atom. The van der Waals surface area contributed by atoms with Gasteiger partial charge in [0.2, 0.25) is 11.8 Å². The molecule has 214 valence electrons. The fourth-order valence-electron chi connectivity index (χ4n) is 6.69. The molecule has 6 rings (SSSR count). The van der Waals surface area contributed by atoms with Crippen LogP contribution in [0.3, 0.4) is 0 Å². The molecule has 3 aromatic carbocycles. The van der Waals surface area contributed by atoms with Gasteiger partial charge in [-0.15, -0.1) is 0 Å². The number of aliphatic hydroxyl groups excluding tert-OH is 1. The number of fused-ring (bicyclic) bond motifs is 2. The fourth-order valence-corrected chi connectivity index (χ4v) is 7.58. The molecule has 1 unspecified atom stereocenters. The molecule has 0 radical (unpaired) electrons. The van der Waals surface area contributed by atoms with Crippen LogP contribution in [0.15, 0.2) is 60.7 Å². The number of β-amino-alcohol motifs (C(OH)–C–C–N with tert-alkyl or cyclic N) is 1. The summed E-state index contributed by atoms with van der Waals surface area (Å²) in [7, 11) is 0. The molecular weight excluding hydrogens is 676 g/mol. The molecule has 3 N–H and O–H groups in total. The number of nitrogens with zero attached hydrogens (tertiary/aromatic N) is 1. The number of halogens is 3. The van der Waals surface area contributed by atoms with Crippen LogP contribution in [0, 0.1) is 3.57 Å². The van der Waals surface area contributed by atoms with Gasteiger partial charge >= 0.3 is 0 Å². The Hall–Kier alpha value is -2.37. The molecule has 3 heterocycles. The van der Waals surface area contributed by atoms with Crippen LogP contribution in [-0.2, 0) is 15.0 Å². The minimum atomic E-state index is -1.18. The number of benzene rings is 3. The number of hydrogen-bond acceptors (Lipinski definition) is 5. The van der Waals surface area contributed by atoms with Gasteiger partial charge in [0, 0.05) is 56.8 Å². The van der Waals surface area contributed by atoms with Crippen molar-refractivity contribution in [3.8, 4) is 5.75 Å². The minimum absolute atomic E-state index is 0.0220. The quantitative estimate of drug-likeness (QED) is 0.288. The van der Waals surface area contributed by atoms with Crippen LogP contribution >= 0.6 is 45.8 Å². The van der Waals surface area contributed by atoms with Crippen LogP contribution in [0.1, 0.15) is 47.9 Å². The van der Waals surface area contributed by atoms with Gasteiger partial charge in [0.15, 0.2) is 0 Å². The highest BCUT2D eigenvalue weighted by atomic mass is 127. The number of likely N-dealkylation sites (tertiary alicyclic amines) is 1. The summed E-state index contributed by atoms with van der Waals surface area (Å²) in [6.07, 6.45) is 1.74. The fraction of sp³-hybridized carbons (Fsp3) is 0.355. The number of amides is 2. The summed E-state index contributed by atoms with van der Waals surface area (Å²) in [5, 5.41) is 16.7. The van der Waals surface area contributed by atoms with Gasteiger partial charge in [-0.1, -0.05) is 41.4 Å². The van der Waals surface area contributed by atoms with E-state index in [9.17, 15) is 14.7 Å². The van der Waals surface area contributed by atoms with Gasteiger partial charge < -0.3 is 25.4 Å². The summed E-state index contributed by atoms with van der Waals surface area (Å²) in [5.41, 5.74) is 1.82. The van der Waals surface area contributed by atoms with Crippen molar-refractivity contribution in [1.29, 1.82) is 0 Å². The van der Waals surface area contributed by atoms with E-state index >= 15 is 0 Å². The number of carbonyl (C=O) groups excluding carboxylic acids is 2. The van der Waals surface area contributed by atoms with Crippen molar-refractivity contribution < 1.29 is 19.4 Å². The van der Waals surface area contributed by atoms with Crippen LogP contribution in [0.2, 0.25) is 10.0 Å². The van der Waals surface area contributed by atoms with E-state index in [1.54, 1.807) is 18.2 Å². The zero-order valence-corrected chi connectivity index (χ0v) is 25.9. The molecule has 0 aliphatic carbocycles. The Kier molecular flexibility index (Phi) is 8.22. The smallest absolute Gasteiger partial charge is 0.238 e. The molecule has 3 aliphatic heterocycles. The molecule has 3 atom stereocenters. The molecule has 10 heteroatoms. The highest BCUT2D eigenvalue weighted by Crippen LogP contribution is 2.58. The van der Waals surface area contributed by atoms with Crippen LogP contribution in [-0.4, -0.2) is 54.2 Å². The van der Waals surface area contributed by atoms with Crippen molar-refractivity contribution in [2.45, 2.75) is 42.7 Å². The molecule has 0 aromatic heterocycles. The third-order valence-corrected chi connectivity index (χ3v) is 9.67. The van der Waals surface area contributed by atoms with E-state index in [2.05, 4.69) is 38.1 Å². The first kappa shape index (κ1) is 28.7. The number of carbonyl (C=O) groups is 2. The van der Waals surface area contributed by atoms with E-state index in [0.717, 1.165) is 46.2 Å². The van der Waals surface area contributed by atoms with Crippen LogP contribution in [0.25, 0.3) is 0 Å². The molecule has 1 spiro atoms. The van der Waals surface area contributed by atoms with Crippen molar-refractivity contribution in [3.63, 3.8) is 0 Å². The van der Waals surface area contributed by atoms with E-state index in [0.29, 0.717) is 28.0 Å². The number of hydrogen-bond donors (Lipinski definition) is 3. The van der Waals surface area contributed by atoms with Gasteiger partial charge in [0.1, 0.15) is 17.3 Å². The van der Waals surface area contributed by atoms with E-state index in [1.165, 1.54) is 0 Å². The van der Waals surface area contributed by atoms with Gasteiger partial charge in [-0.05, 0) is 89.0 Å². The topological polar surface area (TPSA) is 90.9 Å². The molecule has 2 fully saturated rings. The number of piperidine rings is 2. The maximum atomic E-state index is 14.4. The summed E-state index contributed by atoms with van der Waals surface area (Å²) in [6, 6.07) is 18.1. The first-order valence-corrected chi connectivity index (χ1v) is 15.6. The Balaban J connectivity index is 1.49. The number of aliphatic hydroxyl groups is 1. The Labute approximate surface area is 262 Å². The van der Waals surface area contributed by atoms with E-state index in [4.69, 9.17) is 27.9 Å². The molecule has 0 saturated carbocycles. The third-order valence-electron chi connectivity index (χ3n) is 8.53. The minimum Gasteiger partial charge on any atom is -0.490 e. The van der Waals surface area contributed by atoms with Crippen molar-refractivity contribution in [2.75, 3.05) is 31.6 Å². The summed E-state index contributed by atoms with van der Waals surface area (Å²) in [4.78, 5) is 30.0. The van der Waals surface area contributed by atoms with Gasteiger partial charge in [-0.2, -0.15) is 0 Å². The highest BCUT2D eigenvalue weighted by molar-refractivity contribution is 14.1. The second-order valence-corrected chi connectivity index (χ2v) is 13.0. The van der Waals surface area contributed by atoms with E-state index in [-0.39, 0.29) is 30.9 Å². The number of nitrogens with one attached hydrogen (secondary N) is 2. The van der Waals surface area contributed by atoms with Crippen LogP contribution < -0.4 is 15.4 Å². The van der Waals surface area contributed by atoms with Gasteiger partial charge in [0.05, 0.1) is 12.6 Å². The Morgan fingerprint density at radius 3 is 2.56 bits per heavy atom. The number of anilines is 1. The lowest BCUT2D eigenvalue weighted by molar-refractivity contribution is -0.131. The summed E-state index contributed by atoms with van der Waals surface area (Å²) in [5.74, 6) is -0.192. The van der Waals surface area contributed by atoms with E-state index < -0.39 is 17.4 Å². The third kappa shape index (κ3) is 5.33. The lowest BCUT2D eigenvalue weighted by Gasteiger charge is -2.47. The summed E-state index contributed by atoms with van der Waals surface area (Å²) in [6.45, 7) is 2.46. The van der Waals surface area contributed by atoms with Gasteiger partial charge in [-0.25, -0.2) is 0 Å². The van der Waals surface area contributed by atoms with Crippen LogP contribution in [0.5, 0.6) is 5.75 Å². The molecule has 3 aliphatic rings. The maximum Gasteiger partial charge on any atom is 0.238 e. The molecule has 7 nitrogen and oxygen atoms in total. The van der Waals surface area contributed by atoms with Gasteiger partial charge in [0.25, 0.3) is 0 Å². The molecule has 3 aromatic rings. The van der Waals surface area contributed by atoms with E-state index in [1.807, 2.05) is 42.5 Å². The monoisotopic (exact) mass is 705 g/mol. The standard InChI is InChI=1S/C31H30Cl2IN3O4/c32-19-3-1-2-18(14-19)25-17-28(39)36-29(31(25)24-6-4-20(33)15-26(24)35-30(31)40)23-16-21(34)5-7-27(23)41-22-8-10-37(11-9-22)12-13-38/h1-7,14-16,22,25,29,38H,8-13,17H2,(H,35,40)(H,36,39)/t25-,29+,31?/m0/s1. The lowest BCUT2D eigenvalue weighted by atomic mass is 9.59. The van der Waals surface area contributed by atoms with Crippen molar-refractivity contribution in [2.24, 2.45) is 0 Å². The average Bonchev–Trinajstić information content (AvgIpc) is 3.23. The molecule has 2 amide bonds. The van der Waals surface area contributed by atoms with Crippen LogP contribution in [0.4, 0.5) is 5.69 Å². The Bertz CT molecular complexity index is 1500. The number of rotatable bonds is 6. The highest BCUT2D eigenvalue weighted by Gasteiger charge is 2.61. The van der Waals surface area contributed by atoms with Crippen molar-refractivity contribution >= 4 is 63.3 Å². The number of ether oxygens (including phenoxy) is 1. The predicted octanol–water partition coefficient (Wildman–Crippen LogP) is 5.67. The average molecular weight is 706 g/mol. The normalized spacial score (nSPS) is 24.7. The zero-order chi connectivity index (χ0) is 28.7. The first-order valence-electron chi connectivity index (χ1n) is 13.7. The molecule has 2 saturated heterocycles. The van der Waals surface area contributed by atoms with Gasteiger partial charge in [-0.3, -0.25) is 9.59 Å². The second-order valence-electron chi connectivity index (χ2n) is 10.9. The Morgan fingerprint density at radius 2 is 1.80 bits per heavy atom.